The van der Waals surface area contributed by atoms with Crippen LogP contribution < -0.4 is 0 Å². The minimum absolute atomic E-state index is 0.0639. The molecule has 0 N–H and O–H groups in total. The first-order valence-corrected chi connectivity index (χ1v) is 6.16. The SMILES string of the molecule is COC(=O)C1(C)OC12CCS(=O)(=O)C2. The number of methoxy groups -OCH3 is 1. The first-order chi connectivity index (χ1) is 6.35. The highest BCUT2D eigenvalue weighted by Gasteiger charge is 2.75. The summed E-state index contributed by atoms with van der Waals surface area (Å²) in [5, 5.41) is 0. The number of hydrogen-bond acceptors (Lipinski definition) is 5. The Morgan fingerprint density at radius 2 is 2.14 bits per heavy atom. The first kappa shape index (κ1) is 9.92. The van der Waals surface area contributed by atoms with Crippen LogP contribution in [0, 0.1) is 0 Å². The molecule has 0 aromatic heterocycles. The van der Waals surface area contributed by atoms with Gasteiger partial charge in [-0.1, -0.05) is 0 Å². The molecule has 2 rings (SSSR count). The number of hydrogen-bond donors (Lipinski definition) is 0. The van der Waals surface area contributed by atoms with Gasteiger partial charge in [-0.15, -0.1) is 0 Å². The number of carbonyl (C=O) groups excluding carboxylic acids is 1. The Bertz CT molecular complexity index is 387. The number of esters is 1. The van der Waals surface area contributed by atoms with Crippen LogP contribution in [0.25, 0.3) is 0 Å². The topological polar surface area (TPSA) is 73.0 Å². The lowest BCUT2D eigenvalue weighted by Crippen LogP contribution is -2.33. The molecule has 2 unspecified atom stereocenters. The van der Waals surface area contributed by atoms with E-state index < -0.39 is 27.0 Å². The maximum Gasteiger partial charge on any atom is 0.340 e. The van der Waals surface area contributed by atoms with Gasteiger partial charge in [0, 0.05) is 0 Å². The first-order valence-electron chi connectivity index (χ1n) is 4.34. The number of ether oxygens (including phenoxy) is 2. The second-order valence-electron chi connectivity index (χ2n) is 3.96. The monoisotopic (exact) mass is 220 g/mol. The third-order valence-electron chi connectivity index (χ3n) is 3.07. The Morgan fingerprint density at radius 1 is 1.50 bits per heavy atom. The van der Waals surface area contributed by atoms with Crippen molar-refractivity contribution in [3.63, 3.8) is 0 Å². The second kappa shape index (κ2) is 2.49. The predicted molar refractivity (Wildman–Crippen MR) is 47.5 cm³/mol. The molecule has 0 aromatic rings. The van der Waals surface area contributed by atoms with Gasteiger partial charge in [-0.25, -0.2) is 13.2 Å². The van der Waals surface area contributed by atoms with Crippen LogP contribution in [0.15, 0.2) is 0 Å². The van der Waals surface area contributed by atoms with E-state index in [0.717, 1.165) is 0 Å². The summed E-state index contributed by atoms with van der Waals surface area (Å²) in [7, 11) is -1.77. The van der Waals surface area contributed by atoms with Crippen molar-refractivity contribution in [1.82, 2.24) is 0 Å². The van der Waals surface area contributed by atoms with Gasteiger partial charge in [0.15, 0.2) is 15.4 Å². The zero-order chi connectivity index (χ0) is 10.6. The van der Waals surface area contributed by atoms with Gasteiger partial charge in [0.25, 0.3) is 0 Å². The van der Waals surface area contributed by atoms with Crippen LogP contribution in [0.1, 0.15) is 13.3 Å². The van der Waals surface area contributed by atoms with Gasteiger partial charge in [0.05, 0.1) is 18.6 Å². The van der Waals surface area contributed by atoms with Crippen LogP contribution in [0.4, 0.5) is 0 Å². The fourth-order valence-electron chi connectivity index (χ4n) is 2.06. The molecule has 0 aromatic carbocycles. The maximum absolute atomic E-state index is 11.3. The summed E-state index contributed by atoms with van der Waals surface area (Å²) in [4.78, 5) is 11.3. The number of rotatable bonds is 1. The molecule has 14 heavy (non-hydrogen) atoms. The number of epoxide rings is 1. The standard InChI is InChI=1S/C8H12O5S/c1-7(6(9)12-2)8(13-7)3-4-14(10,11)5-8/h3-5H2,1-2H3. The van der Waals surface area contributed by atoms with E-state index in [1.54, 1.807) is 6.92 Å². The van der Waals surface area contributed by atoms with Gasteiger partial charge in [0.1, 0.15) is 5.60 Å². The van der Waals surface area contributed by atoms with Crippen molar-refractivity contribution in [2.24, 2.45) is 0 Å². The van der Waals surface area contributed by atoms with Crippen LogP contribution >= 0.6 is 0 Å². The Hall–Kier alpha value is -0.620. The molecule has 1 spiro atoms. The molecule has 2 saturated heterocycles. The van der Waals surface area contributed by atoms with Crippen LogP contribution in [0.5, 0.6) is 0 Å². The molecule has 0 radical (unpaired) electrons. The summed E-state index contributed by atoms with van der Waals surface area (Å²) in [6, 6.07) is 0. The maximum atomic E-state index is 11.3. The third-order valence-corrected chi connectivity index (χ3v) is 4.80. The Labute approximate surface area is 82.3 Å². The molecular weight excluding hydrogens is 208 g/mol. The molecule has 2 heterocycles. The lowest BCUT2D eigenvalue weighted by molar-refractivity contribution is -0.146. The lowest BCUT2D eigenvalue weighted by atomic mass is 9.94. The fraction of sp³-hybridized carbons (Fsp3) is 0.875. The quantitative estimate of drug-likeness (QED) is 0.440. The molecule has 0 bridgehead atoms. The van der Waals surface area contributed by atoms with Gasteiger partial charge < -0.3 is 9.47 Å². The molecular formula is C8H12O5S. The van der Waals surface area contributed by atoms with E-state index in [1.165, 1.54) is 7.11 Å². The van der Waals surface area contributed by atoms with Crippen LogP contribution in [0.2, 0.25) is 0 Å². The van der Waals surface area contributed by atoms with E-state index in [9.17, 15) is 13.2 Å². The third kappa shape index (κ3) is 1.10. The number of sulfone groups is 1. The fourth-order valence-corrected chi connectivity index (χ4v) is 4.04. The zero-order valence-electron chi connectivity index (χ0n) is 8.07. The van der Waals surface area contributed by atoms with Gasteiger partial charge in [-0.3, -0.25) is 0 Å². The Kier molecular flexibility index (Phi) is 1.76. The van der Waals surface area contributed by atoms with Crippen LogP contribution in [-0.2, 0) is 24.1 Å². The van der Waals surface area contributed by atoms with Gasteiger partial charge >= 0.3 is 5.97 Å². The van der Waals surface area contributed by atoms with E-state index in [-0.39, 0.29) is 11.5 Å². The molecule has 6 heteroatoms. The highest BCUT2D eigenvalue weighted by molar-refractivity contribution is 7.91. The largest absolute Gasteiger partial charge is 0.467 e. The van der Waals surface area contributed by atoms with Crippen molar-refractivity contribution in [2.45, 2.75) is 24.5 Å². The zero-order valence-corrected chi connectivity index (χ0v) is 8.89. The van der Waals surface area contributed by atoms with Crippen molar-refractivity contribution in [3.8, 4) is 0 Å². The molecule has 2 fully saturated rings. The highest BCUT2D eigenvalue weighted by atomic mass is 32.2. The highest BCUT2D eigenvalue weighted by Crippen LogP contribution is 2.54. The average Bonchev–Trinajstić information content (AvgIpc) is 2.53. The van der Waals surface area contributed by atoms with Crippen molar-refractivity contribution in [2.75, 3.05) is 18.6 Å². The Morgan fingerprint density at radius 3 is 2.57 bits per heavy atom. The van der Waals surface area contributed by atoms with Crippen molar-refractivity contribution in [1.29, 1.82) is 0 Å². The van der Waals surface area contributed by atoms with Crippen LogP contribution in [0.3, 0.4) is 0 Å². The van der Waals surface area contributed by atoms with Gasteiger partial charge in [0.2, 0.25) is 0 Å². The second-order valence-corrected chi connectivity index (χ2v) is 6.15. The van der Waals surface area contributed by atoms with Crippen molar-refractivity contribution in [3.05, 3.63) is 0 Å². The summed E-state index contributed by atoms with van der Waals surface area (Å²) in [6.07, 6.45) is 0.390. The molecule has 80 valence electrons. The van der Waals surface area contributed by atoms with E-state index in [1.807, 2.05) is 0 Å². The summed E-state index contributed by atoms with van der Waals surface area (Å²) >= 11 is 0. The molecule has 2 aliphatic heterocycles. The molecule has 0 aliphatic carbocycles. The van der Waals surface area contributed by atoms with E-state index in [4.69, 9.17) is 4.74 Å². The summed E-state index contributed by atoms with van der Waals surface area (Å²) in [5.41, 5.74) is -1.86. The summed E-state index contributed by atoms with van der Waals surface area (Å²) < 4.78 is 32.4. The smallest absolute Gasteiger partial charge is 0.340 e. The lowest BCUT2D eigenvalue weighted by Gasteiger charge is -2.06. The Balaban J connectivity index is 2.22. The summed E-state index contributed by atoms with van der Waals surface area (Å²) in [6.45, 7) is 1.58. The molecule has 5 nitrogen and oxygen atoms in total. The average molecular weight is 220 g/mol. The van der Waals surface area contributed by atoms with E-state index >= 15 is 0 Å². The molecule has 2 atom stereocenters. The molecule has 0 amide bonds. The van der Waals surface area contributed by atoms with Gasteiger partial charge in [-0.2, -0.15) is 0 Å². The van der Waals surface area contributed by atoms with Gasteiger partial charge in [-0.05, 0) is 13.3 Å². The predicted octanol–water partition coefficient (Wildman–Crippen LogP) is -0.494. The normalized spacial score (nSPS) is 43.9. The molecule has 0 saturated carbocycles. The number of carbonyl (C=O) groups is 1. The minimum atomic E-state index is -3.04. The minimum Gasteiger partial charge on any atom is -0.467 e. The summed E-state index contributed by atoms with van der Waals surface area (Å²) in [5.74, 6) is -0.458. The van der Waals surface area contributed by atoms with Crippen molar-refractivity contribution >= 4 is 15.8 Å². The molecule has 2 aliphatic rings. The van der Waals surface area contributed by atoms with E-state index in [0.29, 0.717) is 6.42 Å². The van der Waals surface area contributed by atoms with Crippen molar-refractivity contribution < 1.29 is 22.7 Å². The van der Waals surface area contributed by atoms with E-state index in [2.05, 4.69) is 4.74 Å². The van der Waals surface area contributed by atoms with Crippen LogP contribution in [-0.4, -0.2) is 44.2 Å².